The number of fused-ring (bicyclic) bond motifs is 8. The Morgan fingerprint density at radius 2 is 1.63 bits per heavy atom. The van der Waals surface area contributed by atoms with E-state index in [9.17, 15) is 0 Å². The minimum atomic E-state index is -0.00374. The highest BCUT2D eigenvalue weighted by molar-refractivity contribution is 5.94. The lowest BCUT2D eigenvalue weighted by molar-refractivity contribution is 0.654. The minimum Gasteiger partial charge on any atom is -0.333 e. The molecule has 1 nitrogen and oxygen atoms in total. The summed E-state index contributed by atoms with van der Waals surface area (Å²) in [5, 5.41) is 0. The van der Waals surface area contributed by atoms with Gasteiger partial charge in [0.25, 0.3) is 0 Å². The summed E-state index contributed by atoms with van der Waals surface area (Å²) >= 11 is 0. The molecular formula is C40H49N. The van der Waals surface area contributed by atoms with Gasteiger partial charge >= 0.3 is 0 Å². The lowest BCUT2D eigenvalue weighted by atomic mass is 9.76. The SMILES string of the molecule is CCCCCc1cc(C)c2c(c1)C1C=C(CC(C)C)c3cc4c(cc3N1C(CC)=C2CC)C(C)(C)c1ccccc1-4. The summed E-state index contributed by atoms with van der Waals surface area (Å²) in [5.41, 5.74) is 19.3. The lowest BCUT2D eigenvalue weighted by Crippen LogP contribution is -2.35. The molecule has 41 heavy (non-hydrogen) atoms. The zero-order valence-electron chi connectivity index (χ0n) is 26.7. The molecule has 0 aromatic heterocycles. The Morgan fingerprint density at radius 1 is 0.854 bits per heavy atom. The van der Waals surface area contributed by atoms with Crippen molar-refractivity contribution in [1.29, 1.82) is 0 Å². The molecule has 3 aromatic carbocycles. The first kappa shape index (κ1) is 28.1. The van der Waals surface area contributed by atoms with E-state index in [1.54, 1.807) is 5.57 Å². The predicted octanol–water partition coefficient (Wildman–Crippen LogP) is 11.6. The van der Waals surface area contributed by atoms with Crippen LogP contribution in [0.3, 0.4) is 0 Å². The number of rotatable bonds is 8. The van der Waals surface area contributed by atoms with Crippen molar-refractivity contribution in [2.45, 2.75) is 112 Å². The monoisotopic (exact) mass is 543 g/mol. The van der Waals surface area contributed by atoms with Crippen molar-refractivity contribution in [1.82, 2.24) is 0 Å². The standard InChI is InChI=1S/C40H49N/c1-9-12-13-16-27-20-26(6)39-29(10-2)36(11-3)41-37(33(39)21-27)22-28(19-25(4)5)31-23-32-30-17-14-15-18-34(30)40(7,8)35(32)24-38(31)41/h14-15,17-18,20-25,37H,9-13,16,19H2,1-8H3. The van der Waals surface area contributed by atoms with Gasteiger partial charge in [0.15, 0.2) is 0 Å². The van der Waals surface area contributed by atoms with Gasteiger partial charge < -0.3 is 4.90 Å². The lowest BCUT2D eigenvalue weighted by Gasteiger charge is -2.45. The van der Waals surface area contributed by atoms with Crippen LogP contribution >= 0.6 is 0 Å². The van der Waals surface area contributed by atoms with Gasteiger partial charge in [0.1, 0.15) is 0 Å². The molecule has 1 heteroatoms. The van der Waals surface area contributed by atoms with E-state index in [0.29, 0.717) is 5.92 Å². The molecule has 2 aliphatic heterocycles. The Bertz CT molecular complexity index is 1560. The zero-order chi connectivity index (χ0) is 29.1. The van der Waals surface area contributed by atoms with Crippen LogP contribution in [-0.4, -0.2) is 0 Å². The van der Waals surface area contributed by atoms with Crippen LogP contribution < -0.4 is 4.90 Å². The molecule has 6 rings (SSSR count). The van der Waals surface area contributed by atoms with Crippen molar-refractivity contribution in [2.75, 3.05) is 4.90 Å². The summed E-state index contributed by atoms with van der Waals surface area (Å²) < 4.78 is 0. The Hall–Kier alpha value is -3.06. The van der Waals surface area contributed by atoms with Crippen LogP contribution in [0.4, 0.5) is 5.69 Å². The Morgan fingerprint density at radius 3 is 2.34 bits per heavy atom. The Kier molecular flexibility index (Phi) is 7.29. The van der Waals surface area contributed by atoms with Crippen molar-refractivity contribution in [3.05, 3.63) is 99.2 Å². The van der Waals surface area contributed by atoms with Crippen LogP contribution in [0.5, 0.6) is 0 Å². The average molecular weight is 544 g/mol. The summed E-state index contributed by atoms with van der Waals surface area (Å²) in [7, 11) is 0. The predicted molar refractivity (Wildman–Crippen MR) is 179 cm³/mol. The molecule has 1 atom stereocenters. The van der Waals surface area contributed by atoms with Gasteiger partial charge in [-0.2, -0.15) is 0 Å². The second kappa shape index (κ2) is 10.6. The van der Waals surface area contributed by atoms with Crippen LogP contribution in [0.1, 0.15) is 132 Å². The van der Waals surface area contributed by atoms with E-state index in [4.69, 9.17) is 0 Å². The summed E-state index contributed by atoms with van der Waals surface area (Å²) in [6.07, 6.45) is 10.9. The second-order valence-corrected chi connectivity index (χ2v) is 13.7. The fourth-order valence-electron chi connectivity index (χ4n) is 8.17. The highest BCUT2D eigenvalue weighted by atomic mass is 15.2. The molecule has 0 saturated carbocycles. The molecule has 0 spiro atoms. The highest BCUT2D eigenvalue weighted by Gasteiger charge is 2.41. The van der Waals surface area contributed by atoms with Gasteiger partial charge in [0.2, 0.25) is 0 Å². The van der Waals surface area contributed by atoms with Gasteiger partial charge in [-0.25, -0.2) is 0 Å². The first-order valence-electron chi connectivity index (χ1n) is 16.4. The van der Waals surface area contributed by atoms with Gasteiger partial charge in [0, 0.05) is 22.4 Å². The maximum absolute atomic E-state index is 2.76. The third-order valence-corrected chi connectivity index (χ3v) is 10.0. The third-order valence-electron chi connectivity index (χ3n) is 10.0. The van der Waals surface area contributed by atoms with Gasteiger partial charge in [-0.05, 0) is 113 Å². The molecule has 3 aliphatic rings. The average Bonchev–Trinajstić information content (AvgIpc) is 3.17. The molecule has 3 aromatic rings. The van der Waals surface area contributed by atoms with Crippen LogP contribution in [0.15, 0.2) is 60.3 Å². The van der Waals surface area contributed by atoms with Gasteiger partial charge in [-0.15, -0.1) is 0 Å². The number of anilines is 1. The summed E-state index contributed by atoms with van der Waals surface area (Å²) in [6, 6.07) is 19.6. The van der Waals surface area contributed by atoms with E-state index in [2.05, 4.69) is 115 Å². The van der Waals surface area contributed by atoms with Crippen molar-refractivity contribution in [3.8, 4) is 11.1 Å². The summed E-state index contributed by atoms with van der Waals surface area (Å²) in [6.45, 7) is 19.0. The zero-order valence-corrected chi connectivity index (χ0v) is 26.7. The second-order valence-electron chi connectivity index (χ2n) is 13.7. The fourth-order valence-corrected chi connectivity index (χ4v) is 8.17. The normalized spacial score (nSPS) is 18.1. The molecule has 0 bridgehead atoms. The van der Waals surface area contributed by atoms with Crippen molar-refractivity contribution >= 4 is 16.8 Å². The largest absolute Gasteiger partial charge is 0.333 e. The minimum absolute atomic E-state index is 0.00374. The van der Waals surface area contributed by atoms with Crippen molar-refractivity contribution < 1.29 is 0 Å². The Labute approximate surface area is 249 Å². The summed E-state index contributed by atoms with van der Waals surface area (Å²) in [5.74, 6) is 0.607. The number of benzene rings is 3. The number of allylic oxidation sites excluding steroid dienone is 3. The van der Waals surface area contributed by atoms with Crippen LogP contribution in [0.25, 0.3) is 22.3 Å². The molecule has 1 aliphatic carbocycles. The molecule has 2 heterocycles. The first-order chi connectivity index (χ1) is 19.7. The molecular weight excluding hydrogens is 494 g/mol. The van der Waals surface area contributed by atoms with E-state index < -0.39 is 0 Å². The van der Waals surface area contributed by atoms with Crippen LogP contribution in [0.2, 0.25) is 0 Å². The van der Waals surface area contributed by atoms with E-state index in [1.165, 1.54) is 92.7 Å². The Balaban J connectivity index is 1.61. The van der Waals surface area contributed by atoms with Gasteiger partial charge in [-0.1, -0.05) is 104 Å². The molecule has 0 amide bonds. The smallest absolute Gasteiger partial charge is 0.0784 e. The third kappa shape index (κ3) is 4.43. The fraction of sp³-hybridized carbons (Fsp3) is 0.450. The molecule has 0 radical (unpaired) electrons. The van der Waals surface area contributed by atoms with Crippen molar-refractivity contribution in [2.24, 2.45) is 5.92 Å². The maximum atomic E-state index is 2.76. The van der Waals surface area contributed by atoms with Gasteiger partial charge in [-0.3, -0.25) is 0 Å². The van der Waals surface area contributed by atoms with E-state index in [1.807, 2.05) is 0 Å². The topological polar surface area (TPSA) is 3.24 Å². The molecule has 214 valence electrons. The molecule has 0 N–H and O–H groups in total. The number of aryl methyl sites for hydroxylation is 2. The number of unbranched alkanes of at least 4 members (excludes halogenated alkanes) is 2. The van der Waals surface area contributed by atoms with Crippen molar-refractivity contribution in [3.63, 3.8) is 0 Å². The number of nitrogens with zero attached hydrogens (tertiary/aromatic N) is 1. The quantitative estimate of drug-likeness (QED) is 0.255. The summed E-state index contributed by atoms with van der Waals surface area (Å²) in [4.78, 5) is 2.76. The molecule has 1 unspecified atom stereocenters. The molecule has 0 saturated heterocycles. The van der Waals surface area contributed by atoms with E-state index >= 15 is 0 Å². The first-order valence-corrected chi connectivity index (χ1v) is 16.4. The van der Waals surface area contributed by atoms with Crippen LogP contribution in [0, 0.1) is 12.8 Å². The number of hydrogen-bond acceptors (Lipinski definition) is 1. The number of hydrogen-bond donors (Lipinski definition) is 0. The van der Waals surface area contributed by atoms with Gasteiger partial charge in [0.05, 0.1) is 6.04 Å². The van der Waals surface area contributed by atoms with Crippen LogP contribution in [-0.2, 0) is 11.8 Å². The van der Waals surface area contributed by atoms with E-state index in [0.717, 1.165) is 19.3 Å². The van der Waals surface area contributed by atoms with E-state index in [-0.39, 0.29) is 11.5 Å². The molecule has 0 fully saturated rings. The highest BCUT2D eigenvalue weighted by Crippen LogP contribution is 2.56. The maximum Gasteiger partial charge on any atom is 0.0784 e.